The van der Waals surface area contributed by atoms with E-state index in [1.807, 2.05) is 117 Å². The lowest BCUT2D eigenvalue weighted by atomic mass is 9.73. The Balaban J connectivity index is 0.818. The molecule has 1 aliphatic rings. The van der Waals surface area contributed by atoms with Gasteiger partial charge in [0.15, 0.2) is 0 Å². The van der Waals surface area contributed by atoms with Crippen molar-refractivity contribution in [3.05, 3.63) is 237 Å². The molecule has 0 fully saturated rings. The van der Waals surface area contributed by atoms with Crippen molar-refractivity contribution in [3.63, 3.8) is 0 Å². The lowest BCUT2D eigenvalue weighted by Crippen LogP contribution is -2.54. The average Bonchev–Trinajstić information content (AvgIpc) is 3.32. The van der Waals surface area contributed by atoms with Crippen molar-refractivity contribution >= 4 is 0 Å². The molecule has 0 bridgehead atoms. The fourth-order valence-corrected chi connectivity index (χ4v) is 8.64. The quantitative estimate of drug-likeness (QED) is 0.102. The summed E-state index contributed by atoms with van der Waals surface area (Å²) in [7, 11) is 0. The van der Waals surface area contributed by atoms with Crippen molar-refractivity contribution in [1.29, 1.82) is 0 Å². The number of halogens is 6. The standard InChI is InChI=1S/C59H48F6O5/c1-37-5-17-53(29-39(37)3)67-49-19-7-41(8-20-49)35-66-36-42-9-21-50(22-10-42)69-55-23-11-43-31-44-12-24-56(34-46(44)32-45(43)33-55)70-52-27-15-48(16-28-52)57(58(60,61)62,59(63,64)65)47-13-25-51(26-14-47)68-54-18-6-38(2)40(4)30-54/h5-30,33-34H,31-32,35-36H2,1-4H3. The second-order valence-electron chi connectivity index (χ2n) is 17.7. The molecule has 11 heteroatoms. The van der Waals surface area contributed by atoms with Gasteiger partial charge in [0.05, 0.1) is 13.2 Å². The third kappa shape index (κ3) is 10.3. The van der Waals surface area contributed by atoms with Gasteiger partial charge in [0.25, 0.3) is 0 Å². The van der Waals surface area contributed by atoms with Crippen LogP contribution in [0.2, 0.25) is 0 Å². The lowest BCUT2D eigenvalue weighted by Gasteiger charge is -2.38. The summed E-state index contributed by atoms with van der Waals surface area (Å²) in [5.41, 5.74) is 4.28. The van der Waals surface area contributed by atoms with Gasteiger partial charge in [-0.1, -0.05) is 72.8 Å². The van der Waals surface area contributed by atoms with Crippen LogP contribution in [0.5, 0.6) is 46.0 Å². The van der Waals surface area contributed by atoms with E-state index in [-0.39, 0.29) is 11.5 Å². The number of fused-ring (bicyclic) bond motifs is 2. The van der Waals surface area contributed by atoms with Gasteiger partial charge in [-0.25, -0.2) is 0 Å². The third-order valence-electron chi connectivity index (χ3n) is 12.8. The van der Waals surface area contributed by atoms with Crippen molar-refractivity contribution in [2.24, 2.45) is 0 Å². The van der Waals surface area contributed by atoms with E-state index in [9.17, 15) is 26.3 Å². The first-order valence-electron chi connectivity index (χ1n) is 22.7. The summed E-state index contributed by atoms with van der Waals surface area (Å²) >= 11 is 0. The van der Waals surface area contributed by atoms with E-state index in [1.54, 1.807) is 18.2 Å². The Bertz CT molecular complexity index is 3110. The Labute approximate surface area is 402 Å². The molecule has 0 radical (unpaired) electrons. The first-order chi connectivity index (χ1) is 33.5. The second kappa shape index (κ2) is 19.5. The lowest BCUT2D eigenvalue weighted by molar-refractivity contribution is -0.288. The number of benzene rings is 8. The zero-order valence-electron chi connectivity index (χ0n) is 38.8. The van der Waals surface area contributed by atoms with Gasteiger partial charge >= 0.3 is 12.4 Å². The van der Waals surface area contributed by atoms with E-state index in [0.29, 0.717) is 49.1 Å². The van der Waals surface area contributed by atoms with Gasteiger partial charge in [-0.15, -0.1) is 0 Å². The zero-order chi connectivity index (χ0) is 49.2. The molecule has 9 rings (SSSR count). The minimum atomic E-state index is -5.75. The Morgan fingerprint density at radius 3 is 0.971 bits per heavy atom. The fraction of sp³-hybridized carbons (Fsp3) is 0.186. The number of aryl methyl sites for hydroxylation is 4. The van der Waals surface area contributed by atoms with Crippen LogP contribution in [0, 0.1) is 27.7 Å². The molecule has 0 aliphatic heterocycles. The van der Waals surface area contributed by atoms with Crippen molar-refractivity contribution in [1.82, 2.24) is 0 Å². The SMILES string of the molecule is Cc1ccc(Oc2ccc(COCc3ccc(Oc4ccc5c(c4)Cc4cc(Oc6ccc(C(c7ccc(Oc8ccc(C)c(C)c8)cc7)(C(F)(F)F)C(F)(F)F)cc6)ccc4C5)cc3)cc2)cc1C. The van der Waals surface area contributed by atoms with Crippen LogP contribution in [-0.4, -0.2) is 12.4 Å². The predicted molar refractivity (Wildman–Crippen MR) is 258 cm³/mol. The van der Waals surface area contributed by atoms with Crippen LogP contribution in [0.15, 0.2) is 170 Å². The van der Waals surface area contributed by atoms with Crippen molar-refractivity contribution in [2.75, 3.05) is 0 Å². The number of hydrogen-bond acceptors (Lipinski definition) is 5. The monoisotopic (exact) mass is 950 g/mol. The van der Waals surface area contributed by atoms with Crippen molar-refractivity contribution in [2.45, 2.75) is 71.5 Å². The average molecular weight is 951 g/mol. The normalized spacial score (nSPS) is 12.5. The zero-order valence-corrected chi connectivity index (χ0v) is 38.8. The van der Waals surface area contributed by atoms with Gasteiger partial charge in [-0.3, -0.25) is 0 Å². The smallest absolute Gasteiger partial charge is 0.411 e. The van der Waals surface area contributed by atoms with Gasteiger partial charge < -0.3 is 23.7 Å². The number of hydrogen-bond donors (Lipinski definition) is 0. The Kier molecular flexibility index (Phi) is 13.2. The topological polar surface area (TPSA) is 46.2 Å². The van der Waals surface area contributed by atoms with Gasteiger partial charge in [0.1, 0.15) is 46.0 Å². The summed E-state index contributed by atoms with van der Waals surface area (Å²) in [6, 6.07) is 46.0. The molecular formula is C59H48F6O5. The summed E-state index contributed by atoms with van der Waals surface area (Å²) < 4.78 is 120. The van der Waals surface area contributed by atoms with Crippen LogP contribution in [0.3, 0.4) is 0 Å². The molecule has 8 aromatic rings. The molecule has 356 valence electrons. The maximum atomic E-state index is 15.0. The molecule has 70 heavy (non-hydrogen) atoms. The van der Waals surface area contributed by atoms with Crippen LogP contribution in [0.1, 0.15) is 66.8 Å². The van der Waals surface area contributed by atoms with E-state index >= 15 is 0 Å². The van der Waals surface area contributed by atoms with Crippen LogP contribution in [0.4, 0.5) is 26.3 Å². The molecule has 0 heterocycles. The molecule has 0 saturated carbocycles. The minimum absolute atomic E-state index is 0.0774. The van der Waals surface area contributed by atoms with Crippen molar-refractivity contribution < 1.29 is 50.0 Å². The highest BCUT2D eigenvalue weighted by Gasteiger charge is 2.72. The molecule has 0 unspecified atom stereocenters. The summed E-state index contributed by atoms with van der Waals surface area (Å²) in [6.45, 7) is 8.78. The molecule has 0 N–H and O–H groups in total. The number of ether oxygens (including phenoxy) is 5. The van der Waals surface area contributed by atoms with Crippen molar-refractivity contribution in [3.8, 4) is 46.0 Å². The first kappa shape index (κ1) is 47.6. The van der Waals surface area contributed by atoms with E-state index in [2.05, 4.69) is 13.8 Å². The summed E-state index contributed by atoms with van der Waals surface area (Å²) in [6.07, 6.45) is -10.3. The van der Waals surface area contributed by atoms with Gasteiger partial charge in [0, 0.05) is 0 Å². The highest BCUT2D eigenvalue weighted by molar-refractivity contribution is 5.52. The maximum Gasteiger partial charge on any atom is 0.411 e. The van der Waals surface area contributed by atoms with Crippen LogP contribution in [0.25, 0.3) is 0 Å². The number of rotatable bonds is 14. The van der Waals surface area contributed by atoms with E-state index in [1.165, 1.54) is 11.1 Å². The molecule has 1 aliphatic carbocycles. The molecule has 0 amide bonds. The summed E-state index contributed by atoms with van der Waals surface area (Å²) in [5, 5.41) is 0. The Morgan fingerprint density at radius 2 is 0.629 bits per heavy atom. The van der Waals surface area contributed by atoms with E-state index in [0.717, 1.165) is 105 Å². The van der Waals surface area contributed by atoms with E-state index < -0.39 is 28.9 Å². The number of alkyl halides is 6. The van der Waals surface area contributed by atoms with Gasteiger partial charge in [0.2, 0.25) is 5.41 Å². The second-order valence-corrected chi connectivity index (χ2v) is 17.7. The highest BCUT2D eigenvalue weighted by atomic mass is 19.4. The molecular weight excluding hydrogens is 903 g/mol. The molecule has 0 spiro atoms. The molecule has 8 aromatic carbocycles. The minimum Gasteiger partial charge on any atom is -0.457 e. The van der Waals surface area contributed by atoms with Crippen LogP contribution >= 0.6 is 0 Å². The Morgan fingerprint density at radius 1 is 0.329 bits per heavy atom. The van der Waals surface area contributed by atoms with E-state index in [4.69, 9.17) is 23.7 Å². The van der Waals surface area contributed by atoms with Gasteiger partial charge in [-0.2, -0.15) is 26.3 Å². The first-order valence-corrected chi connectivity index (χ1v) is 22.7. The predicted octanol–water partition coefficient (Wildman–Crippen LogP) is 16.7. The summed E-state index contributed by atoms with van der Waals surface area (Å²) in [4.78, 5) is 0. The highest BCUT2D eigenvalue weighted by Crippen LogP contribution is 2.56. The van der Waals surface area contributed by atoms with Crippen LogP contribution in [-0.2, 0) is 36.2 Å². The third-order valence-corrected chi connectivity index (χ3v) is 12.8. The summed E-state index contributed by atoms with van der Waals surface area (Å²) in [5.74, 6) is 3.86. The molecule has 0 saturated heterocycles. The molecule has 0 atom stereocenters. The molecule has 5 nitrogen and oxygen atoms in total. The van der Waals surface area contributed by atoms with Gasteiger partial charge in [-0.05, 0) is 204 Å². The fourth-order valence-electron chi connectivity index (χ4n) is 8.64. The van der Waals surface area contributed by atoms with Crippen LogP contribution < -0.4 is 18.9 Å². The molecule has 0 aromatic heterocycles. The largest absolute Gasteiger partial charge is 0.457 e. The Hall–Kier alpha value is -7.50. The maximum absolute atomic E-state index is 15.0.